The number of rotatable bonds is 15. The molecule has 2 saturated heterocycles. The number of nitrogens with zero attached hydrogens (tertiary/aromatic N) is 2. The lowest BCUT2D eigenvalue weighted by Crippen LogP contribution is -2.40. The number of hydrogen-bond donors (Lipinski definition) is 1. The predicted octanol–water partition coefficient (Wildman–Crippen LogP) is 9.18. The van der Waals surface area contributed by atoms with Gasteiger partial charge in [0.25, 0.3) is 11.8 Å². The van der Waals surface area contributed by atoms with Gasteiger partial charge >= 0.3 is 11.6 Å². The van der Waals surface area contributed by atoms with Gasteiger partial charge in [0.1, 0.15) is 36.2 Å². The van der Waals surface area contributed by atoms with Crippen LogP contribution in [0.4, 0.5) is 9.59 Å². The van der Waals surface area contributed by atoms with Gasteiger partial charge in [0.05, 0.1) is 50.7 Å². The number of aliphatic hydroxyl groups is 1. The lowest BCUT2D eigenvalue weighted by Gasteiger charge is -2.30. The third-order valence-corrected chi connectivity index (χ3v) is 11.1. The number of benzene rings is 2. The van der Waals surface area contributed by atoms with Crippen LogP contribution in [0, 0.1) is 0 Å². The molecule has 2 amide bonds. The van der Waals surface area contributed by atoms with E-state index in [0.717, 1.165) is 49.7 Å². The zero-order chi connectivity index (χ0) is 44.6. The first-order chi connectivity index (χ1) is 29.4. The minimum absolute atomic E-state index is 0.0854. The van der Waals surface area contributed by atoms with Crippen molar-refractivity contribution in [1.29, 1.82) is 0 Å². The number of fused-ring (bicyclic) bond motifs is 2. The zero-order valence-electron chi connectivity index (χ0n) is 35.7. The van der Waals surface area contributed by atoms with E-state index in [0.29, 0.717) is 95.3 Å². The second-order valence-corrected chi connectivity index (χ2v) is 15.4. The summed E-state index contributed by atoms with van der Waals surface area (Å²) in [5, 5.41) is 11.7. The predicted molar refractivity (Wildman–Crippen MR) is 233 cm³/mol. The Balaban J connectivity index is 0.000000231. The van der Waals surface area contributed by atoms with Crippen LogP contribution in [0.2, 0.25) is 10.0 Å². The quantitative estimate of drug-likeness (QED) is 0.103. The second-order valence-electron chi connectivity index (χ2n) is 14.2. The highest BCUT2D eigenvalue weighted by Gasteiger charge is 2.45. The molecule has 17 heteroatoms. The van der Waals surface area contributed by atoms with E-state index in [1.807, 2.05) is 39.8 Å². The van der Waals surface area contributed by atoms with E-state index in [9.17, 15) is 24.3 Å². The van der Waals surface area contributed by atoms with Crippen LogP contribution < -0.4 is 9.47 Å². The number of aryl methyl sites for hydroxylation is 2. The largest absolute Gasteiger partial charge is 0.513 e. The summed E-state index contributed by atoms with van der Waals surface area (Å²) in [5.41, 5.74) is 3.04. The molecular weight excluding hydrogens is 855 g/mol. The molecule has 336 valence electrons. The van der Waals surface area contributed by atoms with Gasteiger partial charge in [0.2, 0.25) is 0 Å². The molecule has 0 aromatic heterocycles. The maximum absolute atomic E-state index is 13.4. The van der Waals surface area contributed by atoms with Gasteiger partial charge in [-0.1, -0.05) is 37.0 Å². The summed E-state index contributed by atoms with van der Waals surface area (Å²) in [4.78, 5) is 52.0. The summed E-state index contributed by atoms with van der Waals surface area (Å²) in [6.07, 6.45) is 5.94. The van der Waals surface area contributed by atoms with Gasteiger partial charge in [-0.05, 0) is 101 Å². The number of ether oxygens (including phenoxy) is 7. The van der Waals surface area contributed by atoms with Crippen LogP contribution in [-0.4, -0.2) is 117 Å². The van der Waals surface area contributed by atoms with Crippen molar-refractivity contribution < 1.29 is 57.4 Å². The van der Waals surface area contributed by atoms with E-state index in [-0.39, 0.29) is 49.5 Å². The van der Waals surface area contributed by atoms with Crippen molar-refractivity contribution >= 4 is 69.3 Å². The lowest BCUT2D eigenvalue weighted by molar-refractivity contribution is -0.127. The van der Waals surface area contributed by atoms with E-state index in [1.165, 1.54) is 7.11 Å². The summed E-state index contributed by atoms with van der Waals surface area (Å²) >= 11 is 17.2. The van der Waals surface area contributed by atoms with E-state index in [2.05, 4.69) is 4.74 Å². The van der Waals surface area contributed by atoms with Gasteiger partial charge < -0.3 is 48.1 Å². The number of methoxy groups -OCH3 is 2. The molecule has 2 aromatic carbocycles. The first-order valence-electron chi connectivity index (χ1n) is 20.7. The minimum Gasteiger partial charge on any atom is -0.509 e. The summed E-state index contributed by atoms with van der Waals surface area (Å²) in [6.45, 7) is 11.2. The molecule has 0 bridgehead atoms. The summed E-state index contributed by atoms with van der Waals surface area (Å²) < 4.78 is 36.1. The third kappa shape index (κ3) is 12.5. The van der Waals surface area contributed by atoms with Gasteiger partial charge in [-0.2, -0.15) is 0 Å². The fraction of sp³-hybridized carbons (Fsp3) is 0.545. The fourth-order valence-electron chi connectivity index (χ4n) is 7.82. The van der Waals surface area contributed by atoms with Crippen LogP contribution in [0.5, 0.6) is 11.5 Å². The topological polar surface area (TPSA) is 160 Å². The van der Waals surface area contributed by atoms with Crippen molar-refractivity contribution in [3.8, 4) is 11.5 Å². The maximum Gasteiger partial charge on any atom is 0.513 e. The van der Waals surface area contributed by atoms with Crippen molar-refractivity contribution in [3.63, 3.8) is 0 Å². The fourth-order valence-corrected chi connectivity index (χ4v) is 8.36. The van der Waals surface area contributed by atoms with E-state index >= 15 is 0 Å². The Labute approximate surface area is 372 Å². The number of carbonyl (C=O) groups is 4. The summed E-state index contributed by atoms with van der Waals surface area (Å²) in [6, 6.07) is 6.55. The number of amides is 2. The molecule has 0 saturated carbocycles. The molecule has 6 rings (SSSR count). The number of carbonyl (C=O) groups excluding carboxylic acids is 4. The lowest BCUT2D eigenvalue weighted by atomic mass is 9.95. The zero-order valence-corrected chi connectivity index (χ0v) is 38.0. The van der Waals surface area contributed by atoms with Crippen LogP contribution in [0.3, 0.4) is 0 Å². The van der Waals surface area contributed by atoms with Gasteiger partial charge in [0, 0.05) is 59.1 Å². The van der Waals surface area contributed by atoms with Crippen molar-refractivity contribution in [3.05, 3.63) is 68.1 Å². The summed E-state index contributed by atoms with van der Waals surface area (Å²) in [5.74, 6) is 1.27. The Morgan fingerprint density at radius 3 is 1.64 bits per heavy atom. The van der Waals surface area contributed by atoms with Crippen LogP contribution in [0.15, 0.2) is 35.8 Å². The SMILES string of the molecule is CCOCCOC(=O)Cl.CCOCCOC(=O)OC1=C(c2c(CC)cc(Cl)cc2OC)C(=O)N2CCCCC12.CCc1cc(Cl)cc(OC)c1C1=C(O)C2CCCCN2C1=O. The van der Waals surface area contributed by atoms with E-state index < -0.39 is 11.6 Å². The highest BCUT2D eigenvalue weighted by atomic mass is 35.5. The monoisotopic (exact) mass is 910 g/mol. The number of hydrogen-bond acceptors (Lipinski definition) is 12. The Morgan fingerprint density at radius 1 is 0.689 bits per heavy atom. The molecule has 14 nitrogen and oxygen atoms in total. The molecule has 4 aliphatic heterocycles. The molecule has 2 unspecified atom stereocenters. The van der Waals surface area contributed by atoms with Crippen molar-refractivity contribution in [1.82, 2.24) is 9.80 Å². The van der Waals surface area contributed by atoms with Crippen molar-refractivity contribution in [2.24, 2.45) is 0 Å². The van der Waals surface area contributed by atoms with Crippen LogP contribution in [0.1, 0.15) is 88.5 Å². The molecule has 0 spiro atoms. The average molecular weight is 912 g/mol. The first kappa shape index (κ1) is 49.4. The van der Waals surface area contributed by atoms with Crippen LogP contribution in [-0.2, 0) is 46.1 Å². The Morgan fingerprint density at radius 2 is 1.16 bits per heavy atom. The van der Waals surface area contributed by atoms with Gasteiger partial charge in [-0.15, -0.1) is 0 Å². The normalized spacial score (nSPS) is 18.1. The van der Waals surface area contributed by atoms with Gasteiger partial charge in [-0.3, -0.25) is 9.59 Å². The smallest absolute Gasteiger partial charge is 0.509 e. The molecule has 1 N–H and O–H groups in total. The Hall–Kier alpha value is -4.21. The highest BCUT2D eigenvalue weighted by molar-refractivity contribution is 6.61. The Bertz CT molecular complexity index is 1890. The maximum atomic E-state index is 13.4. The minimum atomic E-state index is -0.839. The molecule has 4 heterocycles. The first-order valence-corrected chi connectivity index (χ1v) is 21.8. The van der Waals surface area contributed by atoms with Gasteiger partial charge in [-0.25, -0.2) is 9.59 Å². The average Bonchev–Trinajstić information content (AvgIpc) is 3.67. The molecular formula is C44H57Cl3N2O12. The molecule has 2 atom stereocenters. The summed E-state index contributed by atoms with van der Waals surface area (Å²) in [7, 11) is 3.09. The molecule has 61 heavy (non-hydrogen) atoms. The van der Waals surface area contributed by atoms with E-state index in [1.54, 1.807) is 29.0 Å². The van der Waals surface area contributed by atoms with Crippen LogP contribution >= 0.6 is 34.8 Å². The van der Waals surface area contributed by atoms with E-state index in [4.69, 9.17) is 63.2 Å². The number of piperidine rings is 2. The third-order valence-electron chi connectivity index (χ3n) is 10.6. The van der Waals surface area contributed by atoms with Crippen LogP contribution in [0.25, 0.3) is 11.1 Å². The molecule has 2 fully saturated rings. The van der Waals surface area contributed by atoms with Crippen molar-refractivity contribution in [2.45, 2.75) is 91.1 Å². The Kier molecular flexibility index (Phi) is 19.8. The molecule has 4 aliphatic rings. The molecule has 0 radical (unpaired) electrons. The van der Waals surface area contributed by atoms with Gasteiger partial charge in [0.15, 0.2) is 0 Å². The highest BCUT2D eigenvalue weighted by Crippen LogP contribution is 2.44. The number of halogens is 3. The molecule has 0 aliphatic carbocycles. The second kappa shape index (κ2) is 24.4. The van der Waals surface area contributed by atoms with Crippen molar-refractivity contribution in [2.75, 3.05) is 67.0 Å². The number of aliphatic hydroxyl groups excluding tert-OH is 1. The standard InChI is InChI=1S/C22H28ClNO6.C17H20ClNO3.C5H9ClO3/c1-4-14-12-15(23)13-17(27-3)18(14)19-20(30-22(26)29-11-10-28-5-2)16-8-6-7-9-24(16)21(19)25;1-3-10-8-11(18)9-13(22-2)14(10)15-16(20)12-6-4-5-7-19(12)17(15)21;1-2-8-3-4-9-5(6)7/h12-13,16H,4-11H2,1-3H3;8-9,12,20H,3-7H2,1-2H3;2-4H2,1H3. The molecule has 2 aromatic rings.